The van der Waals surface area contributed by atoms with Crippen molar-refractivity contribution in [2.45, 2.75) is 18.9 Å². The van der Waals surface area contributed by atoms with Crippen LogP contribution in [0.1, 0.15) is 28.8 Å². The van der Waals surface area contributed by atoms with Gasteiger partial charge in [0.1, 0.15) is 17.5 Å². The predicted octanol–water partition coefficient (Wildman–Crippen LogP) is 3.23. The van der Waals surface area contributed by atoms with Crippen LogP contribution in [0, 0.1) is 23.0 Å². The van der Waals surface area contributed by atoms with Crippen LogP contribution in [0.4, 0.5) is 20.2 Å². The topological polar surface area (TPSA) is 100 Å². The standard InChI is InChI=1S/C24H21F2N5O3/c1-30-8-2-3-18(24(30)33)22(32)29-20-11-15(13-27)4-5-21(20)31-9-6-17(7-10-31)34-23-19(26)12-16(25)14-28-23/h2-5,8,11-12,14,17H,6-7,9-10H2,1H3,(H,29,32). The summed E-state index contributed by atoms with van der Waals surface area (Å²) in [4.78, 5) is 30.8. The number of benzene rings is 1. The molecule has 0 bridgehead atoms. The maximum atomic E-state index is 13.9. The maximum Gasteiger partial charge on any atom is 0.263 e. The number of nitrogens with zero attached hydrogens (tertiary/aromatic N) is 4. The van der Waals surface area contributed by atoms with Crippen molar-refractivity contribution in [1.29, 1.82) is 5.26 Å². The van der Waals surface area contributed by atoms with Crippen LogP contribution in [0.25, 0.3) is 0 Å². The van der Waals surface area contributed by atoms with E-state index in [1.807, 2.05) is 11.0 Å². The number of piperidine rings is 1. The third-order valence-corrected chi connectivity index (χ3v) is 5.58. The van der Waals surface area contributed by atoms with Crippen molar-refractivity contribution in [2.75, 3.05) is 23.3 Å². The zero-order valence-corrected chi connectivity index (χ0v) is 18.3. The van der Waals surface area contributed by atoms with Gasteiger partial charge < -0.3 is 19.5 Å². The number of pyridine rings is 2. The minimum absolute atomic E-state index is 0.0146. The zero-order valence-electron chi connectivity index (χ0n) is 18.3. The molecule has 0 saturated carbocycles. The van der Waals surface area contributed by atoms with Gasteiger partial charge >= 0.3 is 0 Å². The summed E-state index contributed by atoms with van der Waals surface area (Å²) in [6, 6.07) is 10.8. The second-order valence-electron chi connectivity index (χ2n) is 7.88. The highest BCUT2D eigenvalue weighted by atomic mass is 19.1. The van der Waals surface area contributed by atoms with Gasteiger partial charge in [-0.05, 0) is 30.3 Å². The van der Waals surface area contributed by atoms with Crippen molar-refractivity contribution in [3.63, 3.8) is 0 Å². The molecule has 3 heterocycles. The van der Waals surface area contributed by atoms with Crippen LogP contribution >= 0.6 is 0 Å². The first-order chi connectivity index (χ1) is 16.4. The van der Waals surface area contributed by atoms with Gasteiger partial charge in [0.2, 0.25) is 0 Å². The van der Waals surface area contributed by atoms with Crippen LogP contribution in [0.2, 0.25) is 0 Å². The summed E-state index contributed by atoms with van der Waals surface area (Å²) >= 11 is 0. The molecule has 4 rings (SSSR count). The summed E-state index contributed by atoms with van der Waals surface area (Å²) in [6.07, 6.45) is 3.21. The minimum Gasteiger partial charge on any atom is -0.472 e. The number of amides is 1. The summed E-state index contributed by atoms with van der Waals surface area (Å²) in [7, 11) is 1.56. The molecule has 1 amide bonds. The summed E-state index contributed by atoms with van der Waals surface area (Å²) in [5, 5.41) is 12.1. The summed E-state index contributed by atoms with van der Waals surface area (Å²) in [5.41, 5.74) is 0.998. The lowest BCUT2D eigenvalue weighted by atomic mass is 10.1. The monoisotopic (exact) mass is 465 g/mol. The number of hydrogen-bond acceptors (Lipinski definition) is 6. The molecule has 174 valence electrons. The van der Waals surface area contributed by atoms with E-state index in [2.05, 4.69) is 10.3 Å². The molecule has 2 aromatic heterocycles. The lowest BCUT2D eigenvalue weighted by Gasteiger charge is -2.34. The highest BCUT2D eigenvalue weighted by Crippen LogP contribution is 2.31. The highest BCUT2D eigenvalue weighted by molar-refractivity contribution is 6.05. The van der Waals surface area contributed by atoms with Crippen molar-refractivity contribution in [3.8, 4) is 11.9 Å². The van der Waals surface area contributed by atoms with Gasteiger partial charge in [0.05, 0.1) is 29.2 Å². The molecule has 1 saturated heterocycles. The first-order valence-electron chi connectivity index (χ1n) is 10.6. The Balaban J connectivity index is 1.50. The quantitative estimate of drug-likeness (QED) is 0.621. The van der Waals surface area contributed by atoms with E-state index in [-0.39, 0.29) is 17.5 Å². The molecule has 1 aliphatic heterocycles. The van der Waals surface area contributed by atoms with Gasteiger partial charge in [-0.1, -0.05) is 0 Å². The molecule has 1 aromatic carbocycles. The second kappa shape index (κ2) is 9.70. The number of anilines is 2. The maximum absolute atomic E-state index is 13.9. The Morgan fingerprint density at radius 3 is 2.71 bits per heavy atom. The van der Waals surface area contributed by atoms with Gasteiger partial charge in [0.15, 0.2) is 5.82 Å². The fraction of sp³-hybridized carbons (Fsp3) is 0.250. The van der Waals surface area contributed by atoms with Gasteiger partial charge in [-0.3, -0.25) is 9.59 Å². The molecule has 0 spiro atoms. The van der Waals surface area contributed by atoms with E-state index in [1.165, 1.54) is 10.6 Å². The number of rotatable bonds is 5. The largest absolute Gasteiger partial charge is 0.472 e. The minimum atomic E-state index is -0.855. The van der Waals surface area contributed by atoms with E-state index >= 15 is 0 Å². The van der Waals surface area contributed by atoms with Crippen molar-refractivity contribution < 1.29 is 18.3 Å². The van der Waals surface area contributed by atoms with E-state index in [4.69, 9.17) is 4.74 Å². The summed E-state index contributed by atoms with van der Waals surface area (Å²) in [6.45, 7) is 1.05. The number of ether oxygens (including phenoxy) is 1. The Labute approximate surface area is 194 Å². The molecule has 0 atom stereocenters. The normalized spacial score (nSPS) is 13.9. The first kappa shape index (κ1) is 22.9. The van der Waals surface area contributed by atoms with Gasteiger partial charge in [-0.15, -0.1) is 0 Å². The highest BCUT2D eigenvalue weighted by Gasteiger charge is 2.25. The smallest absolute Gasteiger partial charge is 0.263 e. The average Bonchev–Trinajstić information content (AvgIpc) is 2.83. The van der Waals surface area contributed by atoms with E-state index in [0.29, 0.717) is 42.9 Å². The molecular weight excluding hydrogens is 444 g/mol. The molecule has 0 radical (unpaired) electrons. The number of carbonyl (C=O) groups is 1. The molecule has 34 heavy (non-hydrogen) atoms. The van der Waals surface area contributed by atoms with Crippen molar-refractivity contribution >= 4 is 17.3 Å². The van der Waals surface area contributed by atoms with Gasteiger partial charge in [0, 0.05) is 45.2 Å². The Kier molecular flexibility index (Phi) is 6.54. The number of halogens is 2. The lowest BCUT2D eigenvalue weighted by molar-refractivity contribution is 0.102. The molecule has 1 aliphatic rings. The van der Waals surface area contributed by atoms with Crippen LogP contribution in [0.15, 0.2) is 53.6 Å². The molecular formula is C24H21F2N5O3. The van der Waals surface area contributed by atoms with E-state index in [1.54, 1.807) is 37.5 Å². The molecule has 0 unspecified atom stereocenters. The van der Waals surface area contributed by atoms with Gasteiger partial charge in [0.25, 0.3) is 17.3 Å². The Bertz CT molecular complexity index is 1330. The van der Waals surface area contributed by atoms with Crippen LogP contribution in [0.5, 0.6) is 5.88 Å². The van der Waals surface area contributed by atoms with Gasteiger partial charge in [-0.2, -0.15) is 5.26 Å². The molecule has 0 aliphatic carbocycles. The predicted molar refractivity (Wildman–Crippen MR) is 121 cm³/mol. The van der Waals surface area contributed by atoms with Crippen LogP contribution < -0.4 is 20.5 Å². The first-order valence-corrected chi connectivity index (χ1v) is 10.6. The fourth-order valence-electron chi connectivity index (χ4n) is 3.80. The molecule has 1 N–H and O–H groups in total. The molecule has 1 fully saturated rings. The summed E-state index contributed by atoms with van der Waals surface area (Å²) in [5.74, 6) is -2.45. The van der Waals surface area contributed by atoms with E-state index < -0.39 is 23.1 Å². The number of carbonyl (C=O) groups excluding carboxylic acids is 1. The molecule has 8 nitrogen and oxygen atoms in total. The number of nitriles is 1. The SMILES string of the molecule is Cn1cccc(C(=O)Nc2cc(C#N)ccc2N2CCC(Oc3ncc(F)cc3F)CC2)c1=O. The number of aromatic nitrogens is 2. The number of hydrogen-bond donors (Lipinski definition) is 1. The Hall–Kier alpha value is -4.26. The van der Waals surface area contributed by atoms with E-state index in [0.717, 1.165) is 12.3 Å². The van der Waals surface area contributed by atoms with Crippen LogP contribution in [-0.2, 0) is 7.05 Å². The average molecular weight is 465 g/mol. The number of nitrogens with one attached hydrogen (secondary N) is 1. The fourth-order valence-corrected chi connectivity index (χ4v) is 3.80. The molecule has 10 heteroatoms. The van der Waals surface area contributed by atoms with Gasteiger partial charge in [-0.25, -0.2) is 13.8 Å². The third-order valence-electron chi connectivity index (χ3n) is 5.58. The van der Waals surface area contributed by atoms with Crippen molar-refractivity contribution in [2.24, 2.45) is 7.05 Å². The van der Waals surface area contributed by atoms with E-state index in [9.17, 15) is 23.6 Å². The van der Waals surface area contributed by atoms with Crippen molar-refractivity contribution in [1.82, 2.24) is 9.55 Å². The van der Waals surface area contributed by atoms with Crippen LogP contribution in [-0.4, -0.2) is 34.7 Å². The summed E-state index contributed by atoms with van der Waals surface area (Å²) < 4.78 is 33.8. The lowest BCUT2D eigenvalue weighted by Crippen LogP contribution is -2.39. The van der Waals surface area contributed by atoms with Crippen molar-refractivity contribution in [3.05, 3.63) is 81.9 Å². The number of aryl methyl sites for hydroxylation is 1. The zero-order chi connectivity index (χ0) is 24.2. The Morgan fingerprint density at radius 2 is 2.00 bits per heavy atom. The van der Waals surface area contributed by atoms with Crippen LogP contribution in [0.3, 0.4) is 0 Å². The second-order valence-corrected chi connectivity index (χ2v) is 7.88. The Morgan fingerprint density at radius 1 is 1.24 bits per heavy atom. The molecule has 3 aromatic rings. The third kappa shape index (κ3) is 4.88.